The van der Waals surface area contributed by atoms with Crippen LogP contribution in [0.4, 0.5) is 5.69 Å². The topological polar surface area (TPSA) is 95.2 Å². The van der Waals surface area contributed by atoms with Crippen LogP contribution in [0.3, 0.4) is 0 Å². The molecule has 2 atom stereocenters. The molecule has 2 aromatic carbocycles. The van der Waals surface area contributed by atoms with Gasteiger partial charge in [-0.3, -0.25) is 9.20 Å². The molecule has 0 saturated heterocycles. The molecule has 0 aliphatic heterocycles. The lowest BCUT2D eigenvalue weighted by atomic mass is 9.87. The van der Waals surface area contributed by atoms with Gasteiger partial charge in [0.05, 0.1) is 5.92 Å². The highest BCUT2D eigenvalue weighted by molar-refractivity contribution is 7.99. The van der Waals surface area contributed by atoms with Crippen molar-refractivity contribution in [2.45, 2.75) is 82.7 Å². The number of benzene rings is 2. The molecule has 2 aromatic heterocycles. The fourth-order valence-corrected chi connectivity index (χ4v) is 5.09. The van der Waals surface area contributed by atoms with Crippen LogP contribution in [-0.2, 0) is 4.79 Å². The molecule has 7 nitrogen and oxygen atoms in total. The van der Waals surface area contributed by atoms with E-state index in [-0.39, 0.29) is 29.3 Å². The van der Waals surface area contributed by atoms with E-state index >= 15 is 0 Å². The van der Waals surface area contributed by atoms with Crippen LogP contribution in [0.5, 0.6) is 0 Å². The van der Waals surface area contributed by atoms with E-state index in [4.69, 9.17) is 5.41 Å². The standard InChI is InChI=1S/C32H40N6OS/c1-20(2)30-37-36-29-17-16-26(19-38(29)30)40-25-14-10-23(11-15-25)22(4)31(39)35-28(18-27(33)32(5,6)7)34-24-12-8-21(3)9-13-24/h8-17,19-20,22,28,33-34H,18H2,1-7H3,(H,35,39). The van der Waals surface area contributed by atoms with Crippen molar-refractivity contribution >= 4 is 34.7 Å². The SMILES string of the molecule is Cc1ccc(NC(CC(=N)C(C)(C)C)NC(=O)C(C)c2ccc(Sc3ccc4nnc(C(C)C)n4c3)cc2)cc1. The number of rotatable bonds is 10. The third-order valence-corrected chi connectivity index (χ3v) is 7.93. The summed E-state index contributed by atoms with van der Waals surface area (Å²) in [5.74, 6) is 0.812. The summed E-state index contributed by atoms with van der Waals surface area (Å²) in [6, 6.07) is 20.3. The first kappa shape index (κ1) is 29.3. The van der Waals surface area contributed by atoms with E-state index in [0.717, 1.165) is 32.5 Å². The summed E-state index contributed by atoms with van der Waals surface area (Å²) >= 11 is 1.67. The maximum Gasteiger partial charge on any atom is 0.228 e. The van der Waals surface area contributed by atoms with E-state index in [2.05, 4.69) is 59.1 Å². The van der Waals surface area contributed by atoms with Crippen molar-refractivity contribution in [2.24, 2.45) is 5.41 Å². The van der Waals surface area contributed by atoms with Crippen LogP contribution in [0.15, 0.2) is 76.7 Å². The molecule has 1 amide bonds. The molecule has 0 aliphatic rings. The lowest BCUT2D eigenvalue weighted by Gasteiger charge is -2.28. The quantitative estimate of drug-likeness (QED) is 0.139. The molecule has 210 valence electrons. The average molecular weight is 557 g/mol. The van der Waals surface area contributed by atoms with Crippen molar-refractivity contribution < 1.29 is 4.79 Å². The highest BCUT2D eigenvalue weighted by atomic mass is 32.2. The highest BCUT2D eigenvalue weighted by Gasteiger charge is 2.24. The molecule has 3 N–H and O–H groups in total. The predicted octanol–water partition coefficient (Wildman–Crippen LogP) is 7.43. The van der Waals surface area contributed by atoms with Crippen LogP contribution < -0.4 is 10.6 Å². The number of pyridine rings is 1. The van der Waals surface area contributed by atoms with Gasteiger partial charge in [0.15, 0.2) is 5.65 Å². The zero-order valence-corrected chi connectivity index (χ0v) is 25.3. The highest BCUT2D eigenvalue weighted by Crippen LogP contribution is 2.30. The Labute approximate surface area is 241 Å². The van der Waals surface area contributed by atoms with Crippen molar-refractivity contribution in [3.63, 3.8) is 0 Å². The second-order valence-electron chi connectivity index (χ2n) is 11.7. The van der Waals surface area contributed by atoms with Gasteiger partial charge in [-0.25, -0.2) is 0 Å². The van der Waals surface area contributed by atoms with Crippen molar-refractivity contribution in [1.29, 1.82) is 5.41 Å². The largest absolute Gasteiger partial charge is 0.365 e. The van der Waals surface area contributed by atoms with Gasteiger partial charge >= 0.3 is 0 Å². The number of hydrogen-bond acceptors (Lipinski definition) is 6. The summed E-state index contributed by atoms with van der Waals surface area (Å²) in [5, 5.41) is 23.7. The van der Waals surface area contributed by atoms with Crippen molar-refractivity contribution in [2.75, 3.05) is 5.32 Å². The number of anilines is 1. The van der Waals surface area contributed by atoms with Gasteiger partial charge in [0.25, 0.3) is 0 Å². The molecule has 8 heteroatoms. The zero-order chi connectivity index (χ0) is 29.0. The number of nitrogens with one attached hydrogen (secondary N) is 3. The molecule has 0 saturated carbocycles. The Morgan fingerprint density at radius 3 is 2.23 bits per heavy atom. The molecule has 40 heavy (non-hydrogen) atoms. The first-order chi connectivity index (χ1) is 18.9. The maximum atomic E-state index is 13.3. The van der Waals surface area contributed by atoms with E-state index in [9.17, 15) is 4.79 Å². The molecule has 2 unspecified atom stereocenters. The van der Waals surface area contributed by atoms with E-state index in [0.29, 0.717) is 12.1 Å². The van der Waals surface area contributed by atoms with Gasteiger partial charge in [-0.1, -0.05) is 76.2 Å². The Hall–Kier alpha value is -3.65. The van der Waals surface area contributed by atoms with Crippen LogP contribution in [0.2, 0.25) is 0 Å². The number of fused-ring (bicyclic) bond motifs is 1. The predicted molar refractivity (Wildman–Crippen MR) is 165 cm³/mol. The van der Waals surface area contributed by atoms with E-state index in [1.165, 1.54) is 5.56 Å². The van der Waals surface area contributed by atoms with E-state index < -0.39 is 0 Å². The number of carbonyl (C=O) groups excluding carboxylic acids is 1. The molecule has 4 aromatic rings. The zero-order valence-electron chi connectivity index (χ0n) is 24.4. The summed E-state index contributed by atoms with van der Waals surface area (Å²) in [5.41, 5.74) is 4.18. The molecular formula is C32H40N6OS. The summed E-state index contributed by atoms with van der Waals surface area (Å²) in [6.45, 7) is 14.3. The van der Waals surface area contributed by atoms with Crippen LogP contribution >= 0.6 is 11.8 Å². The van der Waals surface area contributed by atoms with Gasteiger partial charge in [-0.05, 0) is 61.2 Å². The minimum atomic E-state index is -0.387. The van der Waals surface area contributed by atoms with Crippen molar-refractivity contribution in [1.82, 2.24) is 19.9 Å². The molecule has 0 bridgehead atoms. The lowest BCUT2D eigenvalue weighted by Crippen LogP contribution is -2.44. The number of aromatic nitrogens is 3. The van der Waals surface area contributed by atoms with Gasteiger partial charge in [-0.15, -0.1) is 10.2 Å². The number of carbonyl (C=O) groups is 1. The minimum absolute atomic E-state index is 0.0778. The number of aryl methyl sites for hydroxylation is 1. The normalized spacial score (nSPS) is 13.3. The molecule has 0 aliphatic carbocycles. The first-order valence-electron chi connectivity index (χ1n) is 13.7. The van der Waals surface area contributed by atoms with Gasteiger partial charge in [0, 0.05) is 39.7 Å². The summed E-state index contributed by atoms with van der Waals surface area (Å²) in [4.78, 5) is 15.5. The Balaban J connectivity index is 1.44. The molecule has 0 fully saturated rings. The minimum Gasteiger partial charge on any atom is -0.365 e. The van der Waals surface area contributed by atoms with Crippen molar-refractivity contribution in [3.8, 4) is 0 Å². The Bertz CT molecular complexity index is 1470. The Kier molecular flexibility index (Phi) is 8.98. The van der Waals surface area contributed by atoms with Gasteiger partial charge in [0.2, 0.25) is 5.91 Å². The molecule has 4 rings (SSSR count). The molecule has 0 spiro atoms. The Morgan fingerprint density at radius 1 is 0.950 bits per heavy atom. The number of hydrogen-bond donors (Lipinski definition) is 3. The first-order valence-corrected chi connectivity index (χ1v) is 14.6. The summed E-state index contributed by atoms with van der Waals surface area (Å²) < 4.78 is 2.05. The van der Waals surface area contributed by atoms with Crippen molar-refractivity contribution in [3.05, 3.63) is 83.8 Å². The van der Waals surface area contributed by atoms with E-state index in [1.807, 2.05) is 81.5 Å². The lowest BCUT2D eigenvalue weighted by molar-refractivity contribution is -0.122. The fourth-order valence-electron chi connectivity index (χ4n) is 4.25. The van der Waals surface area contributed by atoms with Gasteiger partial charge in [-0.2, -0.15) is 0 Å². The smallest absolute Gasteiger partial charge is 0.228 e. The van der Waals surface area contributed by atoms with Crippen LogP contribution in [0, 0.1) is 17.7 Å². The van der Waals surface area contributed by atoms with Gasteiger partial charge in [0.1, 0.15) is 12.0 Å². The van der Waals surface area contributed by atoms with Crippen LogP contribution in [-0.4, -0.2) is 32.4 Å². The second-order valence-corrected chi connectivity index (χ2v) is 12.8. The van der Waals surface area contributed by atoms with Gasteiger partial charge < -0.3 is 16.0 Å². The summed E-state index contributed by atoms with van der Waals surface area (Å²) in [6.07, 6.45) is 2.11. The fraction of sp³-hybridized carbons (Fsp3) is 0.375. The van der Waals surface area contributed by atoms with Crippen LogP contribution in [0.1, 0.15) is 76.8 Å². The maximum absolute atomic E-state index is 13.3. The Morgan fingerprint density at radius 2 is 1.60 bits per heavy atom. The summed E-state index contributed by atoms with van der Waals surface area (Å²) in [7, 11) is 0. The van der Waals surface area contributed by atoms with Crippen LogP contribution in [0.25, 0.3) is 5.65 Å². The van der Waals surface area contributed by atoms with E-state index in [1.54, 1.807) is 11.8 Å². The second kappa shape index (κ2) is 12.3. The number of amides is 1. The third kappa shape index (κ3) is 7.30. The average Bonchev–Trinajstić information content (AvgIpc) is 3.33. The molecular weight excluding hydrogens is 516 g/mol. The number of nitrogens with zero attached hydrogens (tertiary/aromatic N) is 3. The monoisotopic (exact) mass is 556 g/mol. The third-order valence-electron chi connectivity index (χ3n) is 6.95. The molecule has 2 heterocycles. The molecule has 0 radical (unpaired) electrons.